The van der Waals surface area contributed by atoms with Crippen molar-refractivity contribution in [2.45, 2.75) is 30.1 Å². The van der Waals surface area contributed by atoms with Crippen molar-refractivity contribution in [3.8, 4) is 11.3 Å². The number of nitrogens with one attached hydrogen (secondary N) is 1. The van der Waals surface area contributed by atoms with Gasteiger partial charge in [0.25, 0.3) is 0 Å². The zero-order valence-corrected chi connectivity index (χ0v) is 17.1. The highest BCUT2D eigenvalue weighted by atomic mass is 32.2. The van der Waals surface area contributed by atoms with Crippen LogP contribution in [0.25, 0.3) is 11.3 Å². The van der Waals surface area contributed by atoms with Crippen LogP contribution in [0, 0.1) is 0 Å². The van der Waals surface area contributed by atoms with Gasteiger partial charge in [0.05, 0.1) is 28.1 Å². The van der Waals surface area contributed by atoms with E-state index in [1.165, 1.54) is 6.20 Å². The summed E-state index contributed by atoms with van der Waals surface area (Å²) in [6.45, 7) is 3.52. The van der Waals surface area contributed by atoms with Gasteiger partial charge in [-0.3, -0.25) is 0 Å². The molecule has 0 bridgehead atoms. The van der Waals surface area contributed by atoms with Gasteiger partial charge >= 0.3 is 0 Å². The van der Waals surface area contributed by atoms with Crippen LogP contribution in [0.1, 0.15) is 31.2 Å². The largest absolute Gasteiger partial charge is 0.387 e. The summed E-state index contributed by atoms with van der Waals surface area (Å²) in [5.74, 6) is 0.573. The van der Waals surface area contributed by atoms with Crippen molar-refractivity contribution in [3.05, 3.63) is 66.4 Å². The van der Waals surface area contributed by atoms with Crippen LogP contribution in [-0.4, -0.2) is 35.3 Å². The van der Waals surface area contributed by atoms with E-state index in [1.807, 2.05) is 30.3 Å². The Labute approximate surface area is 176 Å². The molecule has 0 saturated carbocycles. The SMILES string of the molecule is CC(C)S(=O)(=O)c1ccc(-c2cnc(N)c(NC[C@@H](O)c3ccccc3)n2)cc1.[HH].[HH].[HH].[HH]. The molecular weight excluding hydrogens is 388 g/mol. The lowest BCUT2D eigenvalue weighted by Gasteiger charge is -2.14. The highest BCUT2D eigenvalue weighted by molar-refractivity contribution is 7.92. The molecule has 0 aliphatic carbocycles. The molecule has 0 unspecified atom stereocenters. The van der Waals surface area contributed by atoms with Gasteiger partial charge in [-0.1, -0.05) is 42.5 Å². The van der Waals surface area contributed by atoms with Crippen molar-refractivity contribution in [2.75, 3.05) is 17.6 Å². The first-order valence-corrected chi connectivity index (χ1v) is 10.8. The van der Waals surface area contributed by atoms with Crippen molar-refractivity contribution in [2.24, 2.45) is 0 Å². The third-order valence-corrected chi connectivity index (χ3v) is 6.72. The van der Waals surface area contributed by atoms with Gasteiger partial charge in [0.2, 0.25) is 0 Å². The molecule has 3 aromatic rings. The first-order valence-electron chi connectivity index (χ1n) is 9.22. The first-order chi connectivity index (χ1) is 13.8. The molecule has 0 spiro atoms. The van der Waals surface area contributed by atoms with Crippen molar-refractivity contribution in [3.63, 3.8) is 0 Å². The van der Waals surface area contributed by atoms with Crippen molar-refractivity contribution in [1.29, 1.82) is 0 Å². The normalized spacial score (nSPS) is 12.7. The molecule has 8 heteroatoms. The lowest BCUT2D eigenvalue weighted by atomic mass is 10.1. The quantitative estimate of drug-likeness (QED) is 0.528. The molecule has 0 aliphatic rings. The van der Waals surface area contributed by atoms with E-state index in [9.17, 15) is 13.5 Å². The predicted molar refractivity (Wildman–Crippen MR) is 123 cm³/mol. The van der Waals surface area contributed by atoms with Crippen LogP contribution < -0.4 is 11.1 Å². The molecular formula is C21H32N4O3S. The van der Waals surface area contributed by atoms with Crippen LogP contribution in [0.2, 0.25) is 0 Å². The Balaban J connectivity index is 0. The predicted octanol–water partition coefficient (Wildman–Crippen LogP) is 4.04. The Bertz CT molecular complexity index is 1090. The van der Waals surface area contributed by atoms with Crippen LogP contribution in [0.15, 0.2) is 65.7 Å². The van der Waals surface area contributed by atoms with E-state index >= 15 is 0 Å². The number of nitrogens with zero attached hydrogens (tertiary/aromatic N) is 2. The molecule has 0 saturated heterocycles. The second-order valence-electron chi connectivity index (χ2n) is 6.91. The van der Waals surface area contributed by atoms with Crippen LogP contribution in [0.3, 0.4) is 0 Å². The van der Waals surface area contributed by atoms with Gasteiger partial charge in [-0.2, -0.15) is 0 Å². The van der Waals surface area contributed by atoms with Gasteiger partial charge in [0, 0.05) is 17.8 Å². The van der Waals surface area contributed by atoms with E-state index in [4.69, 9.17) is 5.73 Å². The summed E-state index contributed by atoms with van der Waals surface area (Å²) in [6.07, 6.45) is 0.807. The number of sulfone groups is 1. The minimum absolute atomic E-state index is 0. The zero-order chi connectivity index (χ0) is 21.0. The van der Waals surface area contributed by atoms with Crippen LogP contribution in [0.5, 0.6) is 0 Å². The fourth-order valence-electron chi connectivity index (χ4n) is 2.74. The Kier molecular flexibility index (Phi) is 6.14. The fraction of sp³-hybridized carbons (Fsp3) is 0.238. The Morgan fingerprint density at radius 1 is 1.10 bits per heavy atom. The zero-order valence-electron chi connectivity index (χ0n) is 16.3. The number of aromatic nitrogens is 2. The lowest BCUT2D eigenvalue weighted by molar-refractivity contribution is 0.191. The maximum Gasteiger partial charge on any atom is 0.180 e. The van der Waals surface area contributed by atoms with Gasteiger partial charge < -0.3 is 16.2 Å². The standard InChI is InChI=1S/C21H24N4O3S.4H2/c1-14(2)29(27,28)17-10-8-15(9-11-17)18-12-23-20(22)21(25-18)24-13-19(26)16-6-4-3-5-7-16;;;;/h3-12,14,19,26H,13H2,1-2H3,(H2,22,23)(H,24,25);4*1H/t19-;;;;/m1..../s1. The summed E-state index contributed by atoms with van der Waals surface area (Å²) in [6, 6.07) is 15.8. The average molecular weight is 421 g/mol. The molecule has 0 radical (unpaired) electrons. The number of hydrogen-bond donors (Lipinski definition) is 3. The van der Waals surface area contributed by atoms with Crippen molar-refractivity contribution in [1.82, 2.24) is 9.97 Å². The Morgan fingerprint density at radius 2 is 1.76 bits per heavy atom. The molecule has 2 aromatic carbocycles. The number of aliphatic hydroxyl groups excluding tert-OH is 1. The van der Waals surface area contributed by atoms with E-state index in [-0.39, 0.29) is 23.0 Å². The second kappa shape index (κ2) is 8.59. The molecule has 0 aliphatic heterocycles. The minimum atomic E-state index is -3.33. The number of nitrogen functional groups attached to an aromatic ring is 1. The topological polar surface area (TPSA) is 118 Å². The van der Waals surface area contributed by atoms with E-state index in [0.29, 0.717) is 17.1 Å². The van der Waals surface area contributed by atoms with Crippen LogP contribution in [0.4, 0.5) is 11.6 Å². The third kappa shape index (κ3) is 4.72. The van der Waals surface area contributed by atoms with E-state index in [1.54, 1.807) is 38.1 Å². The maximum atomic E-state index is 12.3. The molecule has 1 aromatic heterocycles. The van der Waals surface area contributed by atoms with E-state index in [0.717, 1.165) is 5.56 Å². The molecule has 160 valence electrons. The smallest absolute Gasteiger partial charge is 0.180 e. The van der Waals surface area contributed by atoms with Gasteiger partial charge in [0.1, 0.15) is 0 Å². The molecule has 3 rings (SSSR count). The van der Waals surface area contributed by atoms with Gasteiger partial charge in [-0.25, -0.2) is 18.4 Å². The molecule has 1 heterocycles. The van der Waals surface area contributed by atoms with Gasteiger partial charge in [-0.05, 0) is 31.5 Å². The maximum absolute atomic E-state index is 12.3. The number of benzene rings is 2. The minimum Gasteiger partial charge on any atom is -0.387 e. The third-order valence-electron chi connectivity index (χ3n) is 4.55. The van der Waals surface area contributed by atoms with Gasteiger partial charge in [-0.15, -0.1) is 0 Å². The molecule has 0 fully saturated rings. The molecule has 1 atom stereocenters. The Hall–Kier alpha value is -2.97. The summed E-state index contributed by atoms with van der Waals surface area (Å²) in [4.78, 5) is 8.90. The number of anilines is 2. The summed E-state index contributed by atoms with van der Waals surface area (Å²) < 4.78 is 24.5. The van der Waals surface area contributed by atoms with Gasteiger partial charge in [0.15, 0.2) is 21.5 Å². The number of hydrogen-bond acceptors (Lipinski definition) is 7. The van der Waals surface area contributed by atoms with E-state index in [2.05, 4.69) is 15.3 Å². The highest BCUT2D eigenvalue weighted by Gasteiger charge is 2.19. The summed E-state index contributed by atoms with van der Waals surface area (Å²) in [7, 11) is -3.33. The lowest BCUT2D eigenvalue weighted by Crippen LogP contribution is -2.15. The van der Waals surface area contributed by atoms with Crippen LogP contribution in [-0.2, 0) is 9.84 Å². The van der Waals surface area contributed by atoms with Crippen molar-refractivity contribution < 1.29 is 19.2 Å². The van der Waals surface area contributed by atoms with Crippen molar-refractivity contribution >= 4 is 21.5 Å². The van der Waals surface area contributed by atoms with E-state index < -0.39 is 21.2 Å². The fourth-order valence-corrected chi connectivity index (χ4v) is 3.80. The summed E-state index contributed by atoms with van der Waals surface area (Å²) in [5, 5.41) is 12.8. The molecule has 0 amide bonds. The monoisotopic (exact) mass is 420 g/mol. The average Bonchev–Trinajstić information content (AvgIpc) is 2.73. The first kappa shape index (κ1) is 20.8. The highest BCUT2D eigenvalue weighted by Crippen LogP contribution is 2.24. The summed E-state index contributed by atoms with van der Waals surface area (Å²) in [5.41, 5.74) is 7.95. The summed E-state index contributed by atoms with van der Waals surface area (Å²) >= 11 is 0. The molecule has 29 heavy (non-hydrogen) atoms. The number of nitrogens with two attached hydrogens (primary N) is 1. The number of rotatable bonds is 7. The molecule has 4 N–H and O–H groups in total. The van der Waals surface area contributed by atoms with Crippen LogP contribution >= 0.6 is 0 Å². The molecule has 7 nitrogen and oxygen atoms in total. The second-order valence-corrected chi connectivity index (χ2v) is 9.42. The Morgan fingerprint density at radius 3 is 2.38 bits per heavy atom. The number of aliphatic hydroxyl groups is 1.